The van der Waals surface area contributed by atoms with Crippen LogP contribution in [-0.4, -0.2) is 51.0 Å². The van der Waals surface area contributed by atoms with Gasteiger partial charge in [-0.05, 0) is 50.6 Å². The van der Waals surface area contributed by atoms with Crippen molar-refractivity contribution in [3.63, 3.8) is 0 Å². The van der Waals surface area contributed by atoms with Gasteiger partial charge in [-0.2, -0.15) is 4.98 Å². The lowest BCUT2D eigenvalue weighted by Gasteiger charge is -2.21. The van der Waals surface area contributed by atoms with Gasteiger partial charge in [0.2, 0.25) is 11.7 Å². The Morgan fingerprint density at radius 1 is 1.12 bits per heavy atom. The van der Waals surface area contributed by atoms with E-state index < -0.39 is 23.7 Å². The topological polar surface area (TPSA) is 146 Å². The van der Waals surface area contributed by atoms with E-state index in [1.807, 2.05) is 24.3 Å². The number of hydrogen-bond donors (Lipinski definition) is 2. The van der Waals surface area contributed by atoms with Crippen LogP contribution in [0.25, 0.3) is 11.5 Å². The van der Waals surface area contributed by atoms with E-state index in [-0.39, 0.29) is 18.1 Å². The van der Waals surface area contributed by atoms with Crippen molar-refractivity contribution >= 4 is 12.1 Å². The van der Waals surface area contributed by atoms with Gasteiger partial charge in [-0.15, -0.1) is 0 Å². The van der Waals surface area contributed by atoms with Gasteiger partial charge in [-0.25, -0.2) is 14.6 Å². The van der Waals surface area contributed by atoms with Crippen molar-refractivity contribution in [3.05, 3.63) is 54.0 Å². The molecule has 0 saturated carbocycles. The maximum atomic E-state index is 11.9. The summed E-state index contributed by atoms with van der Waals surface area (Å²) in [5, 5.41) is 15.5. The highest BCUT2D eigenvalue weighted by Crippen LogP contribution is 2.19. The van der Waals surface area contributed by atoms with E-state index in [2.05, 4.69) is 20.4 Å². The third-order valence-electron chi connectivity index (χ3n) is 4.37. The molecule has 0 saturated heterocycles. The molecule has 2 heterocycles. The molecule has 0 bridgehead atoms. The number of hydrogen-bond acceptors (Lipinski definition) is 9. The fourth-order valence-electron chi connectivity index (χ4n) is 2.75. The molecule has 0 spiro atoms. The van der Waals surface area contributed by atoms with Gasteiger partial charge in [0.05, 0.1) is 19.7 Å². The molecule has 3 aromatic rings. The number of rotatable bonds is 9. The number of amides is 1. The number of methoxy groups -OCH3 is 1. The number of pyridine rings is 1. The Balaban J connectivity index is 1.58. The minimum Gasteiger partial charge on any atom is -0.497 e. The van der Waals surface area contributed by atoms with Crippen molar-refractivity contribution in [2.45, 2.75) is 45.4 Å². The number of alkyl carbamates (subject to hydrolysis) is 1. The van der Waals surface area contributed by atoms with Gasteiger partial charge in [-0.3, -0.25) is 0 Å². The summed E-state index contributed by atoms with van der Waals surface area (Å²) in [5.41, 5.74) is 0.625. The van der Waals surface area contributed by atoms with Crippen LogP contribution in [0.15, 0.2) is 47.1 Å². The zero-order chi connectivity index (χ0) is 24.7. The predicted molar refractivity (Wildman–Crippen MR) is 119 cm³/mol. The molecule has 0 aliphatic heterocycles. The van der Waals surface area contributed by atoms with Gasteiger partial charge in [0, 0.05) is 0 Å². The molecule has 1 atom stereocenters. The minimum atomic E-state index is -1.30. The second-order valence-corrected chi connectivity index (χ2v) is 8.27. The zero-order valence-electron chi connectivity index (χ0n) is 19.3. The molecule has 11 heteroatoms. The van der Waals surface area contributed by atoms with E-state index in [9.17, 15) is 14.7 Å². The lowest BCUT2D eigenvalue weighted by Crippen LogP contribution is -2.44. The smallest absolute Gasteiger partial charge is 0.408 e. The van der Waals surface area contributed by atoms with Crippen LogP contribution < -0.4 is 14.8 Å². The summed E-state index contributed by atoms with van der Waals surface area (Å²) in [6, 6.07) is 9.59. The highest BCUT2D eigenvalue weighted by Gasteiger charge is 2.26. The molecule has 180 valence electrons. The number of carboxylic acid groups (broad SMARTS) is 1. The van der Waals surface area contributed by atoms with Crippen molar-refractivity contribution in [2.75, 3.05) is 7.11 Å². The van der Waals surface area contributed by atoms with Crippen LogP contribution >= 0.6 is 0 Å². The summed E-state index contributed by atoms with van der Waals surface area (Å²) in [7, 11) is 1.61. The molecular formula is C23H26N4O7. The van der Waals surface area contributed by atoms with Gasteiger partial charge in [0.1, 0.15) is 35.4 Å². The molecule has 1 amide bonds. The van der Waals surface area contributed by atoms with Crippen LogP contribution in [0, 0.1) is 0 Å². The number of aromatic nitrogens is 3. The molecule has 0 fully saturated rings. The van der Waals surface area contributed by atoms with E-state index in [1.165, 1.54) is 6.20 Å². The van der Waals surface area contributed by atoms with Gasteiger partial charge >= 0.3 is 12.1 Å². The number of aliphatic carboxylic acids is 1. The van der Waals surface area contributed by atoms with Gasteiger partial charge in [-0.1, -0.05) is 17.3 Å². The average Bonchev–Trinajstić information content (AvgIpc) is 3.25. The summed E-state index contributed by atoms with van der Waals surface area (Å²) >= 11 is 0. The SMILES string of the molecule is COc1ccc(COc2ccc(-c3noc(CC(NC(=O)OC(C)(C)C)C(=O)O)n3)nc2)cc1. The number of carboxylic acids is 1. The maximum absolute atomic E-state index is 11.9. The fraction of sp³-hybridized carbons (Fsp3) is 0.348. The van der Waals surface area contributed by atoms with E-state index >= 15 is 0 Å². The van der Waals surface area contributed by atoms with E-state index in [1.54, 1.807) is 40.0 Å². The molecule has 1 unspecified atom stereocenters. The Bertz CT molecular complexity index is 1110. The highest BCUT2D eigenvalue weighted by molar-refractivity contribution is 5.80. The largest absolute Gasteiger partial charge is 0.497 e. The number of carbonyl (C=O) groups is 2. The summed E-state index contributed by atoms with van der Waals surface area (Å²) in [5.74, 6) is 0.264. The molecule has 3 rings (SSSR count). The van der Waals surface area contributed by atoms with Crippen LogP contribution in [0.3, 0.4) is 0 Å². The Kier molecular flexibility index (Phi) is 7.67. The van der Waals surface area contributed by atoms with Crippen LogP contribution in [0.4, 0.5) is 4.79 Å². The summed E-state index contributed by atoms with van der Waals surface area (Å²) in [6.07, 6.45) is 0.454. The van der Waals surface area contributed by atoms with Crippen molar-refractivity contribution in [1.29, 1.82) is 0 Å². The molecule has 2 aromatic heterocycles. The predicted octanol–water partition coefficient (Wildman–Crippen LogP) is 3.24. The molecule has 0 aliphatic rings. The van der Waals surface area contributed by atoms with Crippen LogP contribution in [0.5, 0.6) is 11.5 Å². The lowest BCUT2D eigenvalue weighted by atomic mass is 10.2. The Morgan fingerprint density at radius 2 is 1.82 bits per heavy atom. The fourth-order valence-corrected chi connectivity index (χ4v) is 2.75. The first-order chi connectivity index (χ1) is 16.1. The second-order valence-electron chi connectivity index (χ2n) is 8.27. The number of benzene rings is 1. The second kappa shape index (κ2) is 10.6. The van der Waals surface area contributed by atoms with Crippen molar-refractivity contribution < 1.29 is 33.4 Å². The van der Waals surface area contributed by atoms with Gasteiger partial charge < -0.3 is 29.2 Å². The van der Waals surface area contributed by atoms with Crippen molar-refractivity contribution in [2.24, 2.45) is 0 Å². The number of nitrogens with zero attached hydrogens (tertiary/aromatic N) is 3. The summed E-state index contributed by atoms with van der Waals surface area (Å²) in [6.45, 7) is 5.39. The third kappa shape index (κ3) is 7.19. The number of ether oxygens (including phenoxy) is 3. The van der Waals surface area contributed by atoms with Crippen molar-refractivity contribution in [1.82, 2.24) is 20.4 Å². The first kappa shape index (κ1) is 24.5. The molecule has 2 N–H and O–H groups in total. The van der Waals surface area contributed by atoms with Crippen LogP contribution in [0.2, 0.25) is 0 Å². The van der Waals surface area contributed by atoms with Gasteiger partial charge in [0.15, 0.2) is 0 Å². The molecular weight excluding hydrogens is 444 g/mol. The molecule has 0 aliphatic carbocycles. The van der Waals surface area contributed by atoms with Crippen LogP contribution in [0.1, 0.15) is 32.2 Å². The van der Waals surface area contributed by atoms with E-state index in [4.69, 9.17) is 18.7 Å². The Hall–Kier alpha value is -4.15. The summed E-state index contributed by atoms with van der Waals surface area (Å²) in [4.78, 5) is 31.9. The quantitative estimate of drug-likeness (QED) is 0.478. The van der Waals surface area contributed by atoms with E-state index in [0.29, 0.717) is 18.1 Å². The van der Waals surface area contributed by atoms with Crippen LogP contribution in [-0.2, 0) is 22.6 Å². The number of nitrogens with one attached hydrogen (secondary N) is 1. The standard InChI is InChI=1S/C23H26N4O7/c1-23(2,3)33-22(30)25-18(21(28)29)11-19-26-20(27-34-19)17-10-9-16(12-24-17)32-13-14-5-7-15(31-4)8-6-14/h5-10,12,18H,11,13H2,1-4H3,(H,25,30)(H,28,29). The number of carbonyl (C=O) groups excluding carboxylic acids is 1. The first-order valence-electron chi connectivity index (χ1n) is 10.4. The molecule has 11 nitrogen and oxygen atoms in total. The lowest BCUT2D eigenvalue weighted by molar-refractivity contribution is -0.139. The maximum Gasteiger partial charge on any atom is 0.408 e. The molecule has 34 heavy (non-hydrogen) atoms. The Labute approximate surface area is 196 Å². The minimum absolute atomic E-state index is 0.0279. The highest BCUT2D eigenvalue weighted by atomic mass is 16.6. The molecule has 0 radical (unpaired) electrons. The Morgan fingerprint density at radius 3 is 2.41 bits per heavy atom. The third-order valence-corrected chi connectivity index (χ3v) is 4.37. The monoisotopic (exact) mass is 470 g/mol. The average molecular weight is 470 g/mol. The normalized spacial score (nSPS) is 12.0. The zero-order valence-corrected chi connectivity index (χ0v) is 19.3. The van der Waals surface area contributed by atoms with Gasteiger partial charge in [0.25, 0.3) is 0 Å². The molecule has 1 aromatic carbocycles. The first-order valence-corrected chi connectivity index (χ1v) is 10.4. The van der Waals surface area contributed by atoms with E-state index in [0.717, 1.165) is 11.3 Å². The van der Waals surface area contributed by atoms with Crippen molar-refractivity contribution in [3.8, 4) is 23.0 Å². The summed E-state index contributed by atoms with van der Waals surface area (Å²) < 4.78 is 21.1.